The number of rotatable bonds is 8. The number of carboxylic acids is 1. The predicted molar refractivity (Wildman–Crippen MR) is 132 cm³/mol. The van der Waals surface area contributed by atoms with Crippen molar-refractivity contribution in [1.82, 2.24) is 10.2 Å². The molecule has 1 saturated carbocycles. The SMILES string of the molecule is CC#CCC(NC(=O)OCC1c2ccccc2-c2ccccc21)C(=O)N(CC(=O)O)C1CCCC1. The minimum atomic E-state index is -1.08. The minimum Gasteiger partial charge on any atom is -0.480 e. The number of benzene rings is 2. The number of carbonyl (C=O) groups excluding carboxylic acids is 2. The normalized spacial score (nSPS) is 15.3. The Balaban J connectivity index is 1.46. The first-order valence-electron chi connectivity index (χ1n) is 12.0. The van der Waals surface area contributed by atoms with Crippen LogP contribution in [0.5, 0.6) is 0 Å². The zero-order valence-corrected chi connectivity index (χ0v) is 19.8. The number of nitrogens with one attached hydrogen (secondary N) is 1. The molecule has 4 rings (SSSR count). The second-order valence-corrected chi connectivity index (χ2v) is 8.95. The number of amides is 2. The molecule has 2 aliphatic carbocycles. The fourth-order valence-corrected chi connectivity index (χ4v) is 5.14. The van der Waals surface area contributed by atoms with Gasteiger partial charge in [-0.25, -0.2) is 4.79 Å². The average molecular weight is 475 g/mol. The van der Waals surface area contributed by atoms with Crippen molar-refractivity contribution in [3.8, 4) is 23.0 Å². The molecule has 35 heavy (non-hydrogen) atoms. The number of carbonyl (C=O) groups is 3. The number of alkyl carbamates (subject to hydrolysis) is 1. The van der Waals surface area contributed by atoms with Crippen LogP contribution >= 0.6 is 0 Å². The Bertz CT molecular complexity index is 1110. The molecule has 7 nitrogen and oxygen atoms in total. The Labute approximate surface area is 205 Å². The third-order valence-corrected chi connectivity index (χ3v) is 6.77. The second-order valence-electron chi connectivity index (χ2n) is 8.95. The third kappa shape index (κ3) is 5.48. The van der Waals surface area contributed by atoms with E-state index in [9.17, 15) is 19.5 Å². The summed E-state index contributed by atoms with van der Waals surface area (Å²) in [5.41, 5.74) is 4.45. The second kappa shape index (κ2) is 11.1. The van der Waals surface area contributed by atoms with Gasteiger partial charge in [-0.05, 0) is 42.0 Å². The van der Waals surface area contributed by atoms with Crippen LogP contribution in [-0.2, 0) is 14.3 Å². The van der Waals surface area contributed by atoms with Crippen LogP contribution in [0.3, 0.4) is 0 Å². The number of hydrogen-bond acceptors (Lipinski definition) is 4. The molecule has 0 aliphatic heterocycles. The van der Waals surface area contributed by atoms with Gasteiger partial charge in [0.25, 0.3) is 0 Å². The summed E-state index contributed by atoms with van der Waals surface area (Å²) in [6.45, 7) is 1.38. The van der Waals surface area contributed by atoms with Gasteiger partial charge in [0.2, 0.25) is 5.91 Å². The van der Waals surface area contributed by atoms with Gasteiger partial charge in [0.05, 0.1) is 0 Å². The molecule has 0 heterocycles. The van der Waals surface area contributed by atoms with Gasteiger partial charge in [-0.2, -0.15) is 0 Å². The first-order valence-corrected chi connectivity index (χ1v) is 12.0. The van der Waals surface area contributed by atoms with E-state index in [1.807, 2.05) is 36.4 Å². The van der Waals surface area contributed by atoms with Gasteiger partial charge >= 0.3 is 12.1 Å². The summed E-state index contributed by atoms with van der Waals surface area (Å²) >= 11 is 0. The lowest BCUT2D eigenvalue weighted by atomic mass is 9.98. The Kier molecular flexibility index (Phi) is 7.71. The van der Waals surface area contributed by atoms with Gasteiger partial charge in [0.15, 0.2) is 0 Å². The topological polar surface area (TPSA) is 95.9 Å². The van der Waals surface area contributed by atoms with Crippen molar-refractivity contribution in [2.24, 2.45) is 0 Å². The Morgan fingerprint density at radius 3 is 2.23 bits per heavy atom. The number of hydrogen-bond donors (Lipinski definition) is 2. The van der Waals surface area contributed by atoms with Crippen LogP contribution < -0.4 is 5.32 Å². The van der Waals surface area contributed by atoms with Crippen molar-refractivity contribution >= 4 is 18.0 Å². The van der Waals surface area contributed by atoms with E-state index in [-0.39, 0.29) is 25.0 Å². The van der Waals surface area contributed by atoms with Gasteiger partial charge in [-0.3, -0.25) is 9.59 Å². The summed E-state index contributed by atoms with van der Waals surface area (Å²) in [6.07, 6.45) is 2.79. The predicted octanol–water partition coefficient (Wildman–Crippen LogP) is 4.16. The molecule has 2 aromatic rings. The maximum atomic E-state index is 13.3. The lowest BCUT2D eigenvalue weighted by molar-refractivity contribution is -0.147. The molecular weight excluding hydrogens is 444 g/mol. The van der Waals surface area contributed by atoms with Crippen molar-refractivity contribution in [2.45, 2.75) is 57.0 Å². The zero-order chi connectivity index (χ0) is 24.8. The Hall–Kier alpha value is -3.79. The highest BCUT2D eigenvalue weighted by Crippen LogP contribution is 2.44. The fraction of sp³-hybridized carbons (Fsp3) is 0.393. The molecule has 0 radical (unpaired) electrons. The van der Waals surface area contributed by atoms with Crippen molar-refractivity contribution in [3.05, 3.63) is 59.7 Å². The minimum absolute atomic E-state index is 0.0857. The summed E-state index contributed by atoms with van der Waals surface area (Å²) in [4.78, 5) is 38.9. The highest BCUT2D eigenvalue weighted by Gasteiger charge is 2.34. The first kappa shape index (κ1) is 24.3. The molecular formula is C28H30N2O5. The van der Waals surface area contributed by atoms with Crippen molar-refractivity contribution < 1.29 is 24.2 Å². The summed E-state index contributed by atoms with van der Waals surface area (Å²) in [5, 5.41) is 12.0. The summed E-state index contributed by atoms with van der Waals surface area (Å²) in [5.74, 6) is 3.98. The number of ether oxygens (including phenoxy) is 1. The molecule has 0 saturated heterocycles. The van der Waals surface area contributed by atoms with E-state index in [1.165, 1.54) is 4.90 Å². The molecule has 2 aliphatic rings. The lowest BCUT2D eigenvalue weighted by Crippen LogP contribution is -2.52. The van der Waals surface area contributed by atoms with Crippen LogP contribution in [0, 0.1) is 11.8 Å². The zero-order valence-electron chi connectivity index (χ0n) is 19.8. The molecule has 2 amide bonds. The monoisotopic (exact) mass is 474 g/mol. The molecule has 0 aromatic heterocycles. The maximum Gasteiger partial charge on any atom is 0.407 e. The van der Waals surface area contributed by atoms with Gasteiger partial charge < -0.3 is 20.1 Å². The average Bonchev–Trinajstić information content (AvgIpc) is 3.50. The number of carboxylic acid groups (broad SMARTS) is 1. The molecule has 2 N–H and O–H groups in total. The maximum absolute atomic E-state index is 13.3. The van der Waals surface area contributed by atoms with Crippen molar-refractivity contribution in [3.63, 3.8) is 0 Å². The smallest absolute Gasteiger partial charge is 0.407 e. The Morgan fingerprint density at radius 2 is 1.66 bits per heavy atom. The van der Waals surface area contributed by atoms with Crippen LogP contribution in [0.1, 0.15) is 56.1 Å². The molecule has 0 spiro atoms. The Morgan fingerprint density at radius 1 is 1.06 bits per heavy atom. The highest BCUT2D eigenvalue weighted by atomic mass is 16.5. The van der Waals surface area contributed by atoms with Gasteiger partial charge in [0.1, 0.15) is 19.2 Å². The molecule has 0 bridgehead atoms. The lowest BCUT2D eigenvalue weighted by Gasteiger charge is -2.30. The summed E-state index contributed by atoms with van der Waals surface area (Å²) < 4.78 is 5.60. The third-order valence-electron chi connectivity index (χ3n) is 6.77. The summed E-state index contributed by atoms with van der Waals surface area (Å²) in [7, 11) is 0. The molecule has 1 unspecified atom stereocenters. The van der Waals surface area contributed by atoms with E-state index in [0.29, 0.717) is 0 Å². The van der Waals surface area contributed by atoms with E-state index >= 15 is 0 Å². The fourth-order valence-electron chi connectivity index (χ4n) is 5.14. The van der Waals surface area contributed by atoms with E-state index in [4.69, 9.17) is 4.74 Å². The number of aliphatic carboxylic acids is 1. The highest BCUT2D eigenvalue weighted by molar-refractivity contribution is 5.88. The molecule has 7 heteroatoms. The van der Waals surface area contributed by atoms with Crippen LogP contribution in [-0.4, -0.2) is 53.2 Å². The van der Waals surface area contributed by atoms with E-state index in [2.05, 4.69) is 29.3 Å². The van der Waals surface area contributed by atoms with Crippen LogP contribution in [0.2, 0.25) is 0 Å². The van der Waals surface area contributed by atoms with E-state index in [0.717, 1.165) is 47.9 Å². The van der Waals surface area contributed by atoms with Crippen molar-refractivity contribution in [2.75, 3.05) is 13.2 Å². The molecule has 2 aromatic carbocycles. The van der Waals surface area contributed by atoms with Crippen molar-refractivity contribution in [1.29, 1.82) is 0 Å². The van der Waals surface area contributed by atoms with Crippen LogP contribution in [0.25, 0.3) is 11.1 Å². The largest absolute Gasteiger partial charge is 0.480 e. The summed E-state index contributed by atoms with van der Waals surface area (Å²) in [6, 6.07) is 15.0. The standard InChI is InChI=1S/C28H30N2O5/c1-2-3-16-25(27(33)30(17-26(31)32)19-10-4-5-11-19)29-28(34)35-18-24-22-14-8-6-12-20(22)21-13-7-9-15-23(21)24/h6-9,12-15,19,24-25H,4-5,10-11,16-18H2,1H3,(H,29,34)(H,31,32). The molecule has 1 fully saturated rings. The molecule has 1 atom stereocenters. The van der Waals surface area contributed by atoms with Crippen LogP contribution in [0.15, 0.2) is 48.5 Å². The first-order chi connectivity index (χ1) is 17.0. The van der Waals surface area contributed by atoms with Gasteiger partial charge in [0, 0.05) is 18.4 Å². The van der Waals surface area contributed by atoms with E-state index in [1.54, 1.807) is 6.92 Å². The van der Waals surface area contributed by atoms with Crippen LogP contribution in [0.4, 0.5) is 4.79 Å². The number of nitrogens with zero attached hydrogens (tertiary/aromatic N) is 1. The molecule has 182 valence electrons. The quantitative estimate of drug-likeness (QED) is 0.560. The van der Waals surface area contributed by atoms with E-state index < -0.39 is 30.6 Å². The number of fused-ring (bicyclic) bond motifs is 3. The van der Waals surface area contributed by atoms with Gasteiger partial charge in [-0.15, -0.1) is 11.8 Å². The van der Waals surface area contributed by atoms with Gasteiger partial charge in [-0.1, -0.05) is 61.4 Å².